The summed E-state index contributed by atoms with van der Waals surface area (Å²) in [7, 11) is 0. The van der Waals surface area contributed by atoms with Gasteiger partial charge in [0.1, 0.15) is 5.82 Å². The fourth-order valence-electron chi connectivity index (χ4n) is 2.74. The summed E-state index contributed by atoms with van der Waals surface area (Å²) >= 11 is 0. The number of nitrogens with zero attached hydrogens (tertiary/aromatic N) is 4. The number of nitrogens with one attached hydrogen (secondary N) is 2. The Bertz CT molecular complexity index is 627. The van der Waals surface area contributed by atoms with Crippen LogP contribution in [0.3, 0.4) is 0 Å². The second-order valence-electron chi connectivity index (χ2n) is 5.72. The molecule has 1 aliphatic rings. The number of rotatable bonds is 3. The maximum Gasteiger partial charge on any atom is 0.252 e. The average Bonchev–Trinajstić information content (AvgIpc) is 2.78. The number of hydrogen-bond acceptors (Lipinski definition) is 5. The van der Waals surface area contributed by atoms with Crippen LogP contribution in [0.25, 0.3) is 5.95 Å². The summed E-state index contributed by atoms with van der Waals surface area (Å²) in [6.07, 6.45) is 2.37. The van der Waals surface area contributed by atoms with Gasteiger partial charge in [0.25, 0.3) is 5.95 Å². The van der Waals surface area contributed by atoms with Crippen molar-refractivity contribution in [3.8, 4) is 5.95 Å². The van der Waals surface area contributed by atoms with E-state index >= 15 is 0 Å². The molecule has 1 fully saturated rings. The molecule has 0 spiro atoms. The lowest BCUT2D eigenvalue weighted by Crippen LogP contribution is -2.38. The summed E-state index contributed by atoms with van der Waals surface area (Å²) < 4.78 is 1.80. The zero-order chi connectivity index (χ0) is 14.8. The average molecular weight is 286 g/mol. The Morgan fingerprint density at radius 1 is 1.19 bits per heavy atom. The van der Waals surface area contributed by atoms with Gasteiger partial charge in [-0.2, -0.15) is 10.1 Å². The highest BCUT2D eigenvalue weighted by atomic mass is 15.4. The van der Waals surface area contributed by atoms with Crippen LogP contribution < -0.4 is 10.6 Å². The predicted octanol–water partition coefficient (Wildman–Crippen LogP) is 1.75. The topological polar surface area (TPSA) is 67.7 Å². The van der Waals surface area contributed by atoms with Crippen LogP contribution in [0.15, 0.2) is 12.1 Å². The van der Waals surface area contributed by atoms with Crippen molar-refractivity contribution in [3.63, 3.8) is 0 Å². The smallest absolute Gasteiger partial charge is 0.252 e. The molecule has 1 unspecified atom stereocenters. The Kier molecular flexibility index (Phi) is 3.88. The van der Waals surface area contributed by atoms with E-state index in [1.54, 1.807) is 4.68 Å². The first kappa shape index (κ1) is 14.0. The Hall–Kier alpha value is -1.95. The Morgan fingerprint density at radius 2 is 2.05 bits per heavy atom. The van der Waals surface area contributed by atoms with E-state index in [1.807, 2.05) is 32.9 Å². The highest BCUT2D eigenvalue weighted by Crippen LogP contribution is 2.15. The summed E-state index contributed by atoms with van der Waals surface area (Å²) in [4.78, 5) is 9.13. The van der Waals surface area contributed by atoms with Crippen molar-refractivity contribution in [1.29, 1.82) is 0 Å². The SMILES string of the molecule is Cc1cc(NC2CCCNC2)nc(-n2nc(C)cc2C)n1. The molecule has 6 heteroatoms. The molecule has 2 N–H and O–H groups in total. The maximum absolute atomic E-state index is 4.62. The molecule has 21 heavy (non-hydrogen) atoms. The number of hydrogen-bond donors (Lipinski definition) is 2. The molecule has 3 rings (SSSR count). The number of piperidine rings is 1. The normalized spacial score (nSPS) is 18.7. The van der Waals surface area contributed by atoms with Crippen LogP contribution >= 0.6 is 0 Å². The lowest BCUT2D eigenvalue weighted by molar-refractivity contribution is 0.479. The lowest BCUT2D eigenvalue weighted by Gasteiger charge is -2.24. The number of aromatic nitrogens is 4. The van der Waals surface area contributed by atoms with Gasteiger partial charge in [-0.3, -0.25) is 0 Å². The van der Waals surface area contributed by atoms with Crippen LogP contribution in [0.2, 0.25) is 0 Å². The minimum atomic E-state index is 0.432. The first-order valence-electron chi connectivity index (χ1n) is 7.48. The fourth-order valence-corrected chi connectivity index (χ4v) is 2.74. The van der Waals surface area contributed by atoms with Gasteiger partial charge >= 0.3 is 0 Å². The molecule has 0 aromatic carbocycles. The highest BCUT2D eigenvalue weighted by molar-refractivity contribution is 5.40. The highest BCUT2D eigenvalue weighted by Gasteiger charge is 2.15. The van der Waals surface area contributed by atoms with Gasteiger partial charge in [-0.1, -0.05) is 0 Å². The zero-order valence-corrected chi connectivity index (χ0v) is 12.8. The maximum atomic E-state index is 4.62. The molecule has 0 bridgehead atoms. The van der Waals surface area contributed by atoms with Crippen molar-refractivity contribution in [2.24, 2.45) is 0 Å². The molecule has 0 saturated carbocycles. The van der Waals surface area contributed by atoms with Gasteiger partial charge in [-0.15, -0.1) is 0 Å². The summed E-state index contributed by atoms with van der Waals surface area (Å²) in [6, 6.07) is 4.45. The van der Waals surface area contributed by atoms with E-state index in [0.717, 1.165) is 36.0 Å². The molecule has 1 atom stereocenters. The van der Waals surface area contributed by atoms with Crippen molar-refractivity contribution in [3.05, 3.63) is 29.2 Å². The standard InChI is InChI=1S/C15H22N6/c1-10-8-14(18-13-5-4-6-16-9-13)19-15(17-10)21-12(3)7-11(2)20-21/h7-8,13,16H,4-6,9H2,1-3H3,(H,17,18,19). The number of aryl methyl sites for hydroxylation is 3. The van der Waals surface area contributed by atoms with E-state index < -0.39 is 0 Å². The van der Waals surface area contributed by atoms with Gasteiger partial charge in [0.05, 0.1) is 5.69 Å². The van der Waals surface area contributed by atoms with Crippen molar-refractivity contribution in [2.75, 3.05) is 18.4 Å². The second kappa shape index (κ2) is 5.81. The van der Waals surface area contributed by atoms with E-state index in [4.69, 9.17) is 0 Å². The van der Waals surface area contributed by atoms with Crippen molar-refractivity contribution >= 4 is 5.82 Å². The minimum Gasteiger partial charge on any atom is -0.366 e. The summed E-state index contributed by atoms with van der Waals surface area (Å²) in [5.41, 5.74) is 2.96. The fraction of sp³-hybridized carbons (Fsp3) is 0.533. The Morgan fingerprint density at radius 3 is 2.71 bits per heavy atom. The Labute approximate surface area is 125 Å². The van der Waals surface area contributed by atoms with Crippen LogP contribution in [0.1, 0.15) is 29.9 Å². The molecule has 0 radical (unpaired) electrons. The molecular weight excluding hydrogens is 264 g/mol. The third-order valence-electron chi connectivity index (χ3n) is 3.69. The van der Waals surface area contributed by atoms with E-state index in [2.05, 4.69) is 25.7 Å². The number of anilines is 1. The van der Waals surface area contributed by atoms with Crippen molar-refractivity contribution < 1.29 is 0 Å². The zero-order valence-electron chi connectivity index (χ0n) is 12.8. The first-order chi connectivity index (χ1) is 10.1. The monoisotopic (exact) mass is 286 g/mol. The largest absolute Gasteiger partial charge is 0.366 e. The lowest BCUT2D eigenvalue weighted by atomic mass is 10.1. The first-order valence-corrected chi connectivity index (χ1v) is 7.48. The quantitative estimate of drug-likeness (QED) is 0.900. The van der Waals surface area contributed by atoms with E-state index in [1.165, 1.54) is 12.8 Å². The predicted molar refractivity (Wildman–Crippen MR) is 82.9 cm³/mol. The van der Waals surface area contributed by atoms with E-state index in [0.29, 0.717) is 12.0 Å². The molecule has 1 aliphatic heterocycles. The molecule has 3 heterocycles. The molecule has 6 nitrogen and oxygen atoms in total. The molecule has 0 amide bonds. The summed E-state index contributed by atoms with van der Waals surface area (Å²) in [5, 5.41) is 11.4. The van der Waals surface area contributed by atoms with Crippen LogP contribution in [-0.4, -0.2) is 38.9 Å². The van der Waals surface area contributed by atoms with Gasteiger partial charge in [-0.05, 0) is 46.2 Å². The molecular formula is C15H22N6. The van der Waals surface area contributed by atoms with Crippen LogP contribution in [0, 0.1) is 20.8 Å². The van der Waals surface area contributed by atoms with Gasteiger partial charge < -0.3 is 10.6 Å². The molecule has 0 aliphatic carbocycles. The van der Waals surface area contributed by atoms with E-state index in [9.17, 15) is 0 Å². The van der Waals surface area contributed by atoms with Gasteiger partial charge in [-0.25, -0.2) is 9.67 Å². The molecule has 2 aromatic heterocycles. The third kappa shape index (κ3) is 3.21. The van der Waals surface area contributed by atoms with E-state index in [-0.39, 0.29) is 0 Å². The summed E-state index contributed by atoms with van der Waals surface area (Å²) in [5.74, 6) is 1.51. The van der Waals surface area contributed by atoms with Gasteiger partial charge in [0.2, 0.25) is 0 Å². The summed E-state index contributed by atoms with van der Waals surface area (Å²) in [6.45, 7) is 8.08. The van der Waals surface area contributed by atoms with Gasteiger partial charge in [0, 0.05) is 30.0 Å². The Balaban J connectivity index is 1.87. The molecule has 2 aromatic rings. The molecule has 1 saturated heterocycles. The van der Waals surface area contributed by atoms with Gasteiger partial charge in [0.15, 0.2) is 0 Å². The van der Waals surface area contributed by atoms with Crippen molar-refractivity contribution in [2.45, 2.75) is 39.7 Å². The second-order valence-corrected chi connectivity index (χ2v) is 5.72. The third-order valence-corrected chi connectivity index (χ3v) is 3.69. The van der Waals surface area contributed by atoms with Crippen LogP contribution in [0.5, 0.6) is 0 Å². The molecule has 112 valence electrons. The van der Waals surface area contributed by atoms with Crippen LogP contribution in [0.4, 0.5) is 5.82 Å². The van der Waals surface area contributed by atoms with Crippen molar-refractivity contribution in [1.82, 2.24) is 25.1 Å². The minimum absolute atomic E-state index is 0.432. The van der Waals surface area contributed by atoms with Crippen LogP contribution in [-0.2, 0) is 0 Å².